The number of amides is 1. The number of hydrogen-bond acceptors (Lipinski definition) is 3. The summed E-state index contributed by atoms with van der Waals surface area (Å²) >= 11 is 0. The van der Waals surface area contributed by atoms with E-state index in [9.17, 15) is 4.79 Å². The van der Waals surface area contributed by atoms with Crippen LogP contribution < -0.4 is 5.73 Å². The van der Waals surface area contributed by atoms with Crippen LogP contribution in [-0.2, 0) is 9.53 Å². The van der Waals surface area contributed by atoms with Crippen molar-refractivity contribution in [2.24, 2.45) is 11.7 Å². The van der Waals surface area contributed by atoms with Gasteiger partial charge in [-0.25, -0.2) is 0 Å². The van der Waals surface area contributed by atoms with Crippen molar-refractivity contribution in [2.75, 3.05) is 26.3 Å². The van der Waals surface area contributed by atoms with Gasteiger partial charge < -0.3 is 15.4 Å². The molecule has 0 atom stereocenters. The van der Waals surface area contributed by atoms with E-state index >= 15 is 0 Å². The van der Waals surface area contributed by atoms with E-state index in [4.69, 9.17) is 10.5 Å². The Labute approximate surface area is 90.8 Å². The van der Waals surface area contributed by atoms with Crippen LogP contribution in [0.4, 0.5) is 0 Å². The molecule has 0 radical (unpaired) electrons. The van der Waals surface area contributed by atoms with Gasteiger partial charge in [0.05, 0.1) is 6.61 Å². The van der Waals surface area contributed by atoms with Gasteiger partial charge in [0.25, 0.3) is 0 Å². The molecule has 1 aliphatic heterocycles. The molecule has 0 aromatic heterocycles. The molecule has 0 aromatic rings. The van der Waals surface area contributed by atoms with Gasteiger partial charge >= 0.3 is 0 Å². The second kappa shape index (κ2) is 4.94. The molecule has 86 valence electrons. The second-order valence-corrected chi connectivity index (χ2v) is 4.69. The maximum atomic E-state index is 10.5. The summed E-state index contributed by atoms with van der Waals surface area (Å²) in [7, 11) is 0. The summed E-state index contributed by atoms with van der Waals surface area (Å²) in [4.78, 5) is 13.1. The van der Waals surface area contributed by atoms with Gasteiger partial charge in [-0.3, -0.25) is 4.79 Å². The smallest absolute Gasteiger partial charge is 0.243 e. The van der Waals surface area contributed by atoms with Crippen molar-refractivity contribution in [1.29, 1.82) is 0 Å². The third kappa shape index (κ3) is 3.47. The molecule has 2 N–H and O–H groups in total. The van der Waals surface area contributed by atoms with Crippen molar-refractivity contribution in [2.45, 2.75) is 31.7 Å². The molecule has 1 heterocycles. The summed E-state index contributed by atoms with van der Waals surface area (Å²) in [6, 6.07) is 0.887. The number of ether oxygens (including phenoxy) is 1. The zero-order valence-electron chi connectivity index (χ0n) is 9.15. The van der Waals surface area contributed by atoms with Crippen molar-refractivity contribution in [3.8, 4) is 0 Å². The van der Waals surface area contributed by atoms with Crippen molar-refractivity contribution >= 4 is 5.91 Å². The van der Waals surface area contributed by atoms with Crippen LogP contribution in [0.15, 0.2) is 0 Å². The van der Waals surface area contributed by atoms with Gasteiger partial charge in [-0.15, -0.1) is 0 Å². The van der Waals surface area contributed by atoms with E-state index in [1.807, 2.05) is 0 Å². The molecule has 4 nitrogen and oxygen atoms in total. The monoisotopic (exact) mass is 212 g/mol. The summed E-state index contributed by atoms with van der Waals surface area (Å²) in [5.74, 6) is 0.254. The largest absolute Gasteiger partial charge is 0.371 e. The molecule has 1 aliphatic carbocycles. The van der Waals surface area contributed by atoms with E-state index in [-0.39, 0.29) is 12.5 Å². The minimum Gasteiger partial charge on any atom is -0.371 e. The van der Waals surface area contributed by atoms with Gasteiger partial charge in [-0.05, 0) is 44.7 Å². The zero-order valence-corrected chi connectivity index (χ0v) is 9.15. The van der Waals surface area contributed by atoms with E-state index in [2.05, 4.69) is 4.90 Å². The van der Waals surface area contributed by atoms with E-state index < -0.39 is 0 Å². The minimum atomic E-state index is -0.370. The van der Waals surface area contributed by atoms with Gasteiger partial charge in [0, 0.05) is 6.04 Å². The lowest BCUT2D eigenvalue weighted by Gasteiger charge is -2.31. The predicted octanol–water partition coefficient (Wildman–Crippen LogP) is 0.363. The zero-order chi connectivity index (χ0) is 10.7. The molecule has 1 amide bonds. The van der Waals surface area contributed by atoms with Gasteiger partial charge in [0.1, 0.15) is 6.61 Å². The van der Waals surface area contributed by atoms with Gasteiger partial charge in [-0.2, -0.15) is 0 Å². The number of hydrogen-bond donors (Lipinski definition) is 1. The Morgan fingerprint density at radius 1 is 1.27 bits per heavy atom. The molecule has 2 fully saturated rings. The lowest BCUT2D eigenvalue weighted by Crippen LogP contribution is -2.36. The first-order valence-electron chi connectivity index (χ1n) is 5.86. The lowest BCUT2D eigenvalue weighted by molar-refractivity contribution is -0.123. The number of carbonyl (C=O) groups is 1. The molecule has 1 saturated heterocycles. The highest BCUT2D eigenvalue weighted by atomic mass is 16.5. The second-order valence-electron chi connectivity index (χ2n) is 4.69. The quantitative estimate of drug-likeness (QED) is 0.716. The molecule has 2 aliphatic rings. The number of primary amides is 1. The number of piperidine rings is 1. The van der Waals surface area contributed by atoms with E-state index in [0.29, 0.717) is 12.5 Å². The molecule has 1 saturated carbocycles. The highest BCUT2D eigenvalue weighted by Crippen LogP contribution is 2.30. The summed E-state index contributed by atoms with van der Waals surface area (Å²) in [5.41, 5.74) is 5.01. The van der Waals surface area contributed by atoms with Crippen molar-refractivity contribution in [1.82, 2.24) is 4.90 Å². The normalized spacial score (nSPS) is 24.3. The first kappa shape index (κ1) is 10.9. The summed E-state index contributed by atoms with van der Waals surface area (Å²) in [6.45, 7) is 3.18. The third-order valence-corrected chi connectivity index (χ3v) is 3.31. The number of nitrogens with zero attached hydrogens (tertiary/aromatic N) is 1. The fraction of sp³-hybridized carbons (Fsp3) is 0.909. The van der Waals surface area contributed by atoms with Crippen LogP contribution in [0.3, 0.4) is 0 Å². The molecule has 0 spiro atoms. The fourth-order valence-electron chi connectivity index (χ4n) is 2.25. The van der Waals surface area contributed by atoms with Gasteiger partial charge in [0.15, 0.2) is 0 Å². The molecule has 0 aromatic carbocycles. The van der Waals surface area contributed by atoms with E-state index in [1.165, 1.54) is 38.8 Å². The molecular weight excluding hydrogens is 192 g/mol. The van der Waals surface area contributed by atoms with E-state index in [1.54, 1.807) is 0 Å². The third-order valence-electron chi connectivity index (χ3n) is 3.31. The Hall–Kier alpha value is -0.610. The molecule has 4 heteroatoms. The lowest BCUT2D eigenvalue weighted by atomic mass is 9.98. The Balaban J connectivity index is 1.58. The highest BCUT2D eigenvalue weighted by molar-refractivity contribution is 5.74. The number of rotatable bonds is 5. The number of carbonyl (C=O) groups excluding carboxylic acids is 1. The van der Waals surface area contributed by atoms with Crippen molar-refractivity contribution in [3.63, 3.8) is 0 Å². The van der Waals surface area contributed by atoms with Crippen molar-refractivity contribution < 1.29 is 9.53 Å². The average Bonchev–Trinajstić information content (AvgIpc) is 3.02. The molecule has 15 heavy (non-hydrogen) atoms. The molecule has 2 rings (SSSR count). The van der Waals surface area contributed by atoms with Crippen LogP contribution in [0.25, 0.3) is 0 Å². The Kier molecular flexibility index (Phi) is 3.59. The predicted molar refractivity (Wildman–Crippen MR) is 57.3 cm³/mol. The number of nitrogens with two attached hydrogens (primary N) is 1. The van der Waals surface area contributed by atoms with Crippen LogP contribution in [-0.4, -0.2) is 43.2 Å². The topological polar surface area (TPSA) is 55.6 Å². The molecule has 0 unspecified atom stereocenters. The van der Waals surface area contributed by atoms with Crippen LogP contribution >= 0.6 is 0 Å². The van der Waals surface area contributed by atoms with Crippen LogP contribution in [0.5, 0.6) is 0 Å². The maximum absolute atomic E-state index is 10.5. The van der Waals surface area contributed by atoms with Crippen LogP contribution in [0.1, 0.15) is 25.7 Å². The summed E-state index contributed by atoms with van der Waals surface area (Å²) in [5, 5.41) is 0. The highest BCUT2D eigenvalue weighted by Gasteiger charge is 2.31. The van der Waals surface area contributed by atoms with Crippen LogP contribution in [0.2, 0.25) is 0 Å². The standard InChI is InChI=1S/C11H20N2O2/c12-11(14)8-15-7-9-3-5-13(6-4-9)10-1-2-10/h9-10H,1-8H2,(H2,12,14). The van der Waals surface area contributed by atoms with Gasteiger partial charge in [-0.1, -0.05) is 0 Å². The van der Waals surface area contributed by atoms with E-state index in [0.717, 1.165) is 6.04 Å². The first-order chi connectivity index (χ1) is 7.25. The average molecular weight is 212 g/mol. The fourth-order valence-corrected chi connectivity index (χ4v) is 2.25. The Morgan fingerprint density at radius 3 is 2.47 bits per heavy atom. The summed E-state index contributed by atoms with van der Waals surface area (Å²) in [6.07, 6.45) is 5.19. The van der Waals surface area contributed by atoms with Crippen LogP contribution in [0, 0.1) is 5.92 Å². The molecular formula is C11H20N2O2. The Bertz CT molecular complexity index is 221. The number of likely N-dealkylation sites (tertiary alicyclic amines) is 1. The maximum Gasteiger partial charge on any atom is 0.243 e. The summed E-state index contributed by atoms with van der Waals surface area (Å²) < 4.78 is 5.25. The van der Waals surface area contributed by atoms with Crippen molar-refractivity contribution in [3.05, 3.63) is 0 Å². The SMILES string of the molecule is NC(=O)COCC1CCN(C2CC2)CC1. The Morgan fingerprint density at radius 2 is 1.93 bits per heavy atom. The first-order valence-corrected chi connectivity index (χ1v) is 5.86. The molecule has 0 bridgehead atoms. The minimum absolute atomic E-state index is 0.0723. The van der Waals surface area contributed by atoms with Gasteiger partial charge in [0.2, 0.25) is 5.91 Å².